The van der Waals surface area contributed by atoms with Gasteiger partial charge in [-0.05, 0) is 49.3 Å². The molecular weight excluding hydrogens is 479 g/mol. The molecule has 29 heavy (non-hydrogen) atoms. The minimum atomic E-state index is 0. The van der Waals surface area contributed by atoms with Gasteiger partial charge in [0, 0.05) is 52.1 Å². The number of nitrogens with one attached hydrogen (secondary N) is 2. The molecule has 2 fully saturated rings. The quantitative estimate of drug-likeness (QED) is 0.240. The van der Waals surface area contributed by atoms with Crippen molar-refractivity contribution in [2.75, 3.05) is 51.4 Å². The fourth-order valence-corrected chi connectivity index (χ4v) is 3.67. The van der Waals surface area contributed by atoms with Crippen molar-refractivity contribution in [1.82, 2.24) is 10.6 Å². The number of benzene rings is 1. The Bertz CT molecular complexity index is 597. The zero-order valence-corrected chi connectivity index (χ0v) is 20.2. The van der Waals surface area contributed by atoms with Crippen molar-refractivity contribution in [3.05, 3.63) is 29.8 Å². The summed E-state index contributed by atoms with van der Waals surface area (Å²) in [6.45, 7) is 8.65. The molecule has 1 atom stereocenters. The van der Waals surface area contributed by atoms with Crippen LogP contribution < -0.4 is 15.5 Å². The molecule has 3 rings (SSSR count). The molecule has 0 saturated carbocycles. The third-order valence-electron chi connectivity index (χ3n) is 5.62. The van der Waals surface area contributed by atoms with Crippen molar-refractivity contribution >= 4 is 35.6 Å². The molecule has 2 aliphatic rings. The zero-order valence-electron chi connectivity index (χ0n) is 17.9. The number of aliphatic imine (C=N–C) groups is 1. The summed E-state index contributed by atoms with van der Waals surface area (Å²) < 4.78 is 11.1. The van der Waals surface area contributed by atoms with E-state index in [1.807, 2.05) is 7.05 Å². The Hall–Kier alpha value is -1.06. The summed E-state index contributed by atoms with van der Waals surface area (Å²) in [6.07, 6.45) is 4.86. The maximum absolute atomic E-state index is 5.79. The van der Waals surface area contributed by atoms with Gasteiger partial charge in [0.15, 0.2) is 5.96 Å². The van der Waals surface area contributed by atoms with Crippen molar-refractivity contribution in [3.8, 4) is 0 Å². The van der Waals surface area contributed by atoms with E-state index in [0.29, 0.717) is 0 Å². The van der Waals surface area contributed by atoms with E-state index in [9.17, 15) is 0 Å². The second kappa shape index (κ2) is 13.3. The van der Waals surface area contributed by atoms with Crippen molar-refractivity contribution in [2.45, 2.75) is 45.3 Å². The van der Waals surface area contributed by atoms with Crippen LogP contribution in [-0.4, -0.2) is 58.6 Å². The van der Waals surface area contributed by atoms with Crippen molar-refractivity contribution in [2.24, 2.45) is 10.9 Å². The Morgan fingerprint density at radius 3 is 2.59 bits per heavy atom. The molecule has 164 valence electrons. The van der Waals surface area contributed by atoms with E-state index in [4.69, 9.17) is 9.47 Å². The summed E-state index contributed by atoms with van der Waals surface area (Å²) >= 11 is 0. The lowest BCUT2D eigenvalue weighted by Crippen LogP contribution is -2.37. The fraction of sp³-hybridized carbons (Fsp3) is 0.682. The van der Waals surface area contributed by atoms with Gasteiger partial charge >= 0.3 is 0 Å². The molecule has 2 aliphatic heterocycles. The molecule has 0 aliphatic carbocycles. The first-order valence-electron chi connectivity index (χ1n) is 10.7. The average molecular weight is 516 g/mol. The summed E-state index contributed by atoms with van der Waals surface area (Å²) in [5.41, 5.74) is 2.60. The Kier molecular flexibility index (Phi) is 11.1. The predicted octanol–water partition coefficient (Wildman–Crippen LogP) is 3.40. The van der Waals surface area contributed by atoms with Crippen molar-refractivity contribution in [1.29, 1.82) is 0 Å². The highest BCUT2D eigenvalue weighted by atomic mass is 127. The minimum Gasteiger partial charge on any atom is -0.379 e. The van der Waals surface area contributed by atoms with Crippen LogP contribution in [0.2, 0.25) is 0 Å². The number of piperidine rings is 1. The van der Waals surface area contributed by atoms with Gasteiger partial charge in [-0.1, -0.05) is 19.1 Å². The van der Waals surface area contributed by atoms with Crippen LogP contribution in [0.3, 0.4) is 0 Å². The van der Waals surface area contributed by atoms with Crippen molar-refractivity contribution < 1.29 is 9.47 Å². The molecular formula is C22H37IN4O2. The number of hydrogen-bond donors (Lipinski definition) is 2. The Morgan fingerprint density at radius 1 is 1.17 bits per heavy atom. The van der Waals surface area contributed by atoms with E-state index in [1.54, 1.807) is 0 Å². The van der Waals surface area contributed by atoms with E-state index in [-0.39, 0.29) is 30.1 Å². The van der Waals surface area contributed by atoms with Crippen molar-refractivity contribution in [3.63, 3.8) is 0 Å². The number of guanidine groups is 1. The van der Waals surface area contributed by atoms with Crippen LogP contribution in [0.25, 0.3) is 0 Å². The monoisotopic (exact) mass is 516 g/mol. The van der Waals surface area contributed by atoms with E-state index < -0.39 is 0 Å². The maximum atomic E-state index is 5.79. The minimum absolute atomic E-state index is 0. The van der Waals surface area contributed by atoms with Gasteiger partial charge in [-0.25, -0.2) is 0 Å². The van der Waals surface area contributed by atoms with Gasteiger partial charge in [0.1, 0.15) is 0 Å². The lowest BCUT2D eigenvalue weighted by molar-refractivity contribution is 0.0420. The van der Waals surface area contributed by atoms with Crippen LogP contribution in [-0.2, 0) is 16.0 Å². The lowest BCUT2D eigenvalue weighted by atomic mass is 9.99. The van der Waals surface area contributed by atoms with Gasteiger partial charge in [-0.2, -0.15) is 0 Å². The van der Waals surface area contributed by atoms with Gasteiger partial charge in [-0.15, -0.1) is 24.0 Å². The van der Waals surface area contributed by atoms with E-state index in [2.05, 4.69) is 51.7 Å². The van der Waals surface area contributed by atoms with E-state index in [1.165, 1.54) is 37.2 Å². The van der Waals surface area contributed by atoms with Crippen LogP contribution in [0.4, 0.5) is 5.69 Å². The molecule has 0 bridgehead atoms. The largest absolute Gasteiger partial charge is 0.379 e. The normalized spacial score (nSPS) is 20.4. The van der Waals surface area contributed by atoms with Gasteiger partial charge in [0.25, 0.3) is 0 Å². The third-order valence-corrected chi connectivity index (χ3v) is 5.62. The highest BCUT2D eigenvalue weighted by molar-refractivity contribution is 14.0. The Balaban J connectivity index is 0.00000300. The van der Waals surface area contributed by atoms with E-state index >= 15 is 0 Å². The summed E-state index contributed by atoms with van der Waals surface area (Å²) in [5, 5.41) is 6.74. The number of ether oxygens (including phenoxy) is 2. The molecule has 0 radical (unpaired) electrons. The number of rotatable bonds is 8. The number of hydrogen-bond acceptors (Lipinski definition) is 4. The summed E-state index contributed by atoms with van der Waals surface area (Å²) in [5.74, 6) is 1.69. The second-order valence-corrected chi connectivity index (χ2v) is 7.90. The molecule has 2 heterocycles. The molecule has 6 nitrogen and oxygen atoms in total. The average Bonchev–Trinajstić information content (AvgIpc) is 3.25. The first-order valence-corrected chi connectivity index (χ1v) is 10.7. The predicted molar refractivity (Wildman–Crippen MR) is 130 cm³/mol. The Labute approximate surface area is 192 Å². The molecule has 2 N–H and O–H groups in total. The first-order chi connectivity index (χ1) is 13.7. The maximum Gasteiger partial charge on any atom is 0.191 e. The Morgan fingerprint density at radius 2 is 1.93 bits per heavy atom. The van der Waals surface area contributed by atoms with Crippen LogP contribution in [0.5, 0.6) is 0 Å². The molecule has 2 saturated heterocycles. The molecule has 1 aromatic carbocycles. The fourth-order valence-electron chi connectivity index (χ4n) is 3.67. The van der Waals surface area contributed by atoms with Gasteiger partial charge in [0.2, 0.25) is 0 Å². The highest BCUT2D eigenvalue weighted by Crippen LogP contribution is 2.23. The molecule has 0 amide bonds. The number of anilines is 1. The van der Waals surface area contributed by atoms with Crippen LogP contribution in [0, 0.1) is 5.92 Å². The molecule has 1 unspecified atom stereocenters. The van der Waals surface area contributed by atoms with Crippen LogP contribution in [0.15, 0.2) is 29.3 Å². The van der Waals surface area contributed by atoms with Crippen LogP contribution >= 0.6 is 24.0 Å². The summed E-state index contributed by atoms with van der Waals surface area (Å²) in [6, 6.07) is 8.91. The smallest absolute Gasteiger partial charge is 0.191 e. The standard InChI is InChI=1S/C22H36N4O2.HI/c1-18-8-12-26(13-9-18)20-6-4-19(5-7-20)16-25-22(23-2)24-11-3-14-28-21-10-15-27-17-21;/h4-7,18,21H,3,8-17H2,1-2H3,(H2,23,24,25);1H. The first kappa shape index (κ1) is 24.2. The third kappa shape index (κ3) is 8.30. The van der Waals surface area contributed by atoms with Gasteiger partial charge in [-0.3, -0.25) is 4.99 Å². The second-order valence-electron chi connectivity index (χ2n) is 7.90. The topological polar surface area (TPSA) is 58.1 Å². The molecule has 7 heteroatoms. The van der Waals surface area contributed by atoms with E-state index in [0.717, 1.165) is 57.6 Å². The lowest BCUT2D eigenvalue weighted by Gasteiger charge is -2.32. The zero-order chi connectivity index (χ0) is 19.6. The molecule has 1 aromatic rings. The highest BCUT2D eigenvalue weighted by Gasteiger charge is 2.16. The number of nitrogens with zero attached hydrogens (tertiary/aromatic N) is 2. The van der Waals surface area contributed by atoms with Crippen LogP contribution in [0.1, 0.15) is 38.2 Å². The summed E-state index contributed by atoms with van der Waals surface area (Å²) in [4.78, 5) is 6.80. The molecule has 0 aromatic heterocycles. The number of halogens is 1. The molecule has 0 spiro atoms. The van der Waals surface area contributed by atoms with Gasteiger partial charge < -0.3 is 25.0 Å². The van der Waals surface area contributed by atoms with Gasteiger partial charge in [0.05, 0.1) is 12.7 Å². The SMILES string of the molecule is CN=C(NCCCOC1CCOC1)NCc1ccc(N2CCC(C)CC2)cc1.I. The summed E-state index contributed by atoms with van der Waals surface area (Å²) in [7, 11) is 1.81.